The van der Waals surface area contributed by atoms with Gasteiger partial charge in [0.1, 0.15) is 11.5 Å². The number of aromatic nitrogens is 4. The van der Waals surface area contributed by atoms with Gasteiger partial charge >= 0.3 is 0 Å². The molecule has 7 heteroatoms. The molecule has 30 heavy (non-hydrogen) atoms. The van der Waals surface area contributed by atoms with Crippen LogP contribution in [0.2, 0.25) is 0 Å². The van der Waals surface area contributed by atoms with Crippen LogP contribution in [0.15, 0.2) is 72.1 Å². The number of hydrogen-bond acceptors (Lipinski definition) is 6. The molecule has 0 unspecified atom stereocenters. The van der Waals surface area contributed by atoms with Gasteiger partial charge in [-0.05, 0) is 49.4 Å². The smallest absolute Gasteiger partial charge is 0.196 e. The predicted molar refractivity (Wildman–Crippen MR) is 118 cm³/mol. The topological polar surface area (TPSA) is 62.1 Å². The van der Waals surface area contributed by atoms with Gasteiger partial charge in [-0.1, -0.05) is 29.5 Å². The van der Waals surface area contributed by atoms with Crippen molar-refractivity contribution >= 4 is 11.8 Å². The van der Waals surface area contributed by atoms with Gasteiger partial charge in [0.25, 0.3) is 0 Å². The van der Waals surface area contributed by atoms with Gasteiger partial charge in [0.2, 0.25) is 0 Å². The van der Waals surface area contributed by atoms with Gasteiger partial charge in [0.05, 0.1) is 14.2 Å². The quantitative estimate of drug-likeness (QED) is 0.396. The highest BCUT2D eigenvalue weighted by Gasteiger charge is 2.17. The normalized spacial score (nSPS) is 10.8. The van der Waals surface area contributed by atoms with E-state index in [-0.39, 0.29) is 0 Å². The Bertz CT molecular complexity index is 1130. The Morgan fingerprint density at radius 1 is 0.900 bits per heavy atom. The Hall–Kier alpha value is -3.32. The SMILES string of the molecule is COc1ccc(OC)c(CSc2nnc(-c3ccncc3)n2-c2ccc(C)cc2)c1. The first-order valence-electron chi connectivity index (χ1n) is 9.46. The molecule has 0 spiro atoms. The van der Waals surface area contributed by atoms with Gasteiger partial charge in [-0.25, -0.2) is 0 Å². The van der Waals surface area contributed by atoms with Crippen LogP contribution in [0.5, 0.6) is 11.5 Å². The average molecular weight is 419 g/mol. The van der Waals surface area contributed by atoms with Crippen molar-refractivity contribution in [1.82, 2.24) is 19.7 Å². The highest BCUT2D eigenvalue weighted by atomic mass is 32.2. The van der Waals surface area contributed by atoms with E-state index in [9.17, 15) is 0 Å². The lowest BCUT2D eigenvalue weighted by atomic mass is 10.2. The standard InChI is InChI=1S/C23H22N4O2S/c1-16-4-6-19(7-5-16)27-22(17-10-12-24-13-11-17)25-26-23(27)30-15-18-14-20(28-2)8-9-21(18)29-3/h4-14H,15H2,1-3H3. The molecule has 0 radical (unpaired) electrons. The molecule has 0 fully saturated rings. The van der Waals surface area contributed by atoms with Crippen LogP contribution in [-0.4, -0.2) is 34.0 Å². The monoisotopic (exact) mass is 418 g/mol. The Labute approximate surface area is 179 Å². The average Bonchev–Trinajstić information content (AvgIpc) is 3.22. The number of thioether (sulfide) groups is 1. The van der Waals surface area contributed by atoms with E-state index in [0.29, 0.717) is 5.75 Å². The number of benzene rings is 2. The molecular formula is C23H22N4O2S. The number of nitrogens with zero attached hydrogens (tertiary/aromatic N) is 4. The lowest BCUT2D eigenvalue weighted by Crippen LogP contribution is -2.00. The molecule has 0 N–H and O–H groups in total. The largest absolute Gasteiger partial charge is 0.497 e. The molecule has 0 amide bonds. The van der Waals surface area contributed by atoms with Gasteiger partial charge in [-0.2, -0.15) is 0 Å². The van der Waals surface area contributed by atoms with Crippen molar-refractivity contribution in [2.75, 3.05) is 14.2 Å². The Balaban J connectivity index is 1.72. The zero-order valence-electron chi connectivity index (χ0n) is 17.1. The van der Waals surface area contributed by atoms with E-state index in [4.69, 9.17) is 9.47 Å². The number of rotatable bonds is 7. The van der Waals surface area contributed by atoms with E-state index in [1.807, 2.05) is 30.3 Å². The summed E-state index contributed by atoms with van der Waals surface area (Å²) >= 11 is 1.60. The second kappa shape index (κ2) is 9.00. The lowest BCUT2D eigenvalue weighted by molar-refractivity contribution is 0.400. The minimum Gasteiger partial charge on any atom is -0.497 e. The predicted octanol–water partition coefficient (Wildman–Crippen LogP) is 4.95. The minimum atomic E-state index is 0.667. The van der Waals surface area contributed by atoms with Crippen molar-refractivity contribution in [1.29, 1.82) is 0 Å². The number of pyridine rings is 1. The fourth-order valence-corrected chi connectivity index (χ4v) is 4.04. The van der Waals surface area contributed by atoms with Crippen molar-refractivity contribution < 1.29 is 9.47 Å². The fourth-order valence-electron chi connectivity index (χ4n) is 3.11. The van der Waals surface area contributed by atoms with Crippen molar-refractivity contribution in [3.63, 3.8) is 0 Å². The summed E-state index contributed by atoms with van der Waals surface area (Å²) in [5, 5.41) is 9.77. The van der Waals surface area contributed by atoms with Crippen molar-refractivity contribution in [2.24, 2.45) is 0 Å². The molecular weight excluding hydrogens is 396 g/mol. The minimum absolute atomic E-state index is 0.667. The molecule has 4 aromatic rings. The lowest BCUT2D eigenvalue weighted by Gasteiger charge is -2.12. The molecule has 0 saturated heterocycles. The molecule has 2 aromatic heterocycles. The molecule has 0 atom stereocenters. The van der Waals surface area contributed by atoms with Crippen LogP contribution in [-0.2, 0) is 5.75 Å². The van der Waals surface area contributed by atoms with Crippen LogP contribution < -0.4 is 9.47 Å². The summed E-state index contributed by atoms with van der Waals surface area (Å²) in [7, 11) is 3.33. The second-order valence-electron chi connectivity index (χ2n) is 6.68. The van der Waals surface area contributed by atoms with Crippen LogP contribution in [0.25, 0.3) is 17.1 Å². The third-order valence-electron chi connectivity index (χ3n) is 4.71. The number of methoxy groups -OCH3 is 2. The van der Waals surface area contributed by atoms with E-state index in [1.165, 1.54) is 5.56 Å². The second-order valence-corrected chi connectivity index (χ2v) is 7.62. The summed E-state index contributed by atoms with van der Waals surface area (Å²) in [6.07, 6.45) is 3.52. The van der Waals surface area contributed by atoms with Gasteiger partial charge in [0, 0.05) is 35.0 Å². The van der Waals surface area contributed by atoms with Crippen molar-refractivity contribution in [2.45, 2.75) is 17.8 Å². The van der Waals surface area contributed by atoms with E-state index >= 15 is 0 Å². The molecule has 2 heterocycles. The molecule has 0 aliphatic rings. The first-order valence-corrected chi connectivity index (χ1v) is 10.4. The summed E-state index contributed by atoms with van der Waals surface area (Å²) in [6.45, 7) is 2.07. The van der Waals surface area contributed by atoms with Gasteiger partial charge in [-0.3, -0.25) is 9.55 Å². The zero-order valence-corrected chi connectivity index (χ0v) is 17.9. The van der Waals surface area contributed by atoms with Crippen LogP contribution in [0.3, 0.4) is 0 Å². The highest BCUT2D eigenvalue weighted by Crippen LogP contribution is 2.33. The Morgan fingerprint density at radius 2 is 1.67 bits per heavy atom. The molecule has 6 nitrogen and oxygen atoms in total. The summed E-state index contributed by atoms with van der Waals surface area (Å²) in [5.74, 6) is 3.06. The zero-order chi connectivity index (χ0) is 20.9. The van der Waals surface area contributed by atoms with Gasteiger partial charge < -0.3 is 9.47 Å². The first kappa shape index (κ1) is 20.0. The summed E-state index contributed by atoms with van der Waals surface area (Å²) in [5.41, 5.74) is 4.21. The maximum Gasteiger partial charge on any atom is 0.196 e. The number of aryl methyl sites for hydroxylation is 1. The molecule has 4 rings (SSSR count). The molecule has 2 aromatic carbocycles. The van der Waals surface area contributed by atoms with E-state index in [1.54, 1.807) is 38.4 Å². The molecule has 0 saturated carbocycles. The van der Waals surface area contributed by atoms with Gasteiger partial charge in [-0.15, -0.1) is 10.2 Å². The van der Waals surface area contributed by atoms with Gasteiger partial charge in [0.15, 0.2) is 11.0 Å². The van der Waals surface area contributed by atoms with Crippen molar-refractivity contribution in [3.8, 4) is 28.6 Å². The summed E-state index contributed by atoms with van der Waals surface area (Å²) in [4.78, 5) is 4.11. The summed E-state index contributed by atoms with van der Waals surface area (Å²) < 4.78 is 13.0. The number of ether oxygens (including phenoxy) is 2. The maximum atomic E-state index is 5.52. The number of hydrogen-bond donors (Lipinski definition) is 0. The van der Waals surface area contributed by atoms with E-state index in [0.717, 1.165) is 39.3 Å². The summed E-state index contributed by atoms with van der Waals surface area (Å²) in [6, 6.07) is 18.0. The maximum absolute atomic E-state index is 5.52. The molecule has 152 valence electrons. The van der Waals surface area contributed by atoms with E-state index in [2.05, 4.69) is 50.9 Å². The van der Waals surface area contributed by atoms with Crippen molar-refractivity contribution in [3.05, 3.63) is 78.1 Å². The van der Waals surface area contributed by atoms with Crippen LogP contribution in [0.1, 0.15) is 11.1 Å². The Morgan fingerprint density at radius 3 is 2.37 bits per heavy atom. The van der Waals surface area contributed by atoms with Crippen LogP contribution in [0.4, 0.5) is 0 Å². The first-order chi connectivity index (χ1) is 14.7. The fraction of sp³-hybridized carbons (Fsp3) is 0.174. The van der Waals surface area contributed by atoms with E-state index < -0.39 is 0 Å². The molecule has 0 bridgehead atoms. The van der Waals surface area contributed by atoms with Crippen LogP contribution in [0, 0.1) is 6.92 Å². The molecule has 0 aliphatic carbocycles. The van der Waals surface area contributed by atoms with Crippen LogP contribution >= 0.6 is 11.8 Å². The molecule has 0 aliphatic heterocycles. The third kappa shape index (κ3) is 4.16. The Kier molecular flexibility index (Phi) is 5.99. The highest BCUT2D eigenvalue weighted by molar-refractivity contribution is 7.98. The third-order valence-corrected chi connectivity index (χ3v) is 5.69.